The van der Waals surface area contributed by atoms with Crippen LogP contribution < -0.4 is 20.2 Å². The third kappa shape index (κ3) is 6.35. The number of nitrogens with one attached hydrogen (secondary N) is 2. The Morgan fingerprint density at radius 2 is 1.82 bits per heavy atom. The van der Waals surface area contributed by atoms with Crippen LogP contribution in [0.5, 0.6) is 11.5 Å². The Hall–Kier alpha value is -3.49. The molecular weight excluding hydrogens is 372 g/mol. The van der Waals surface area contributed by atoms with Crippen molar-refractivity contribution in [1.29, 1.82) is 0 Å². The van der Waals surface area contributed by atoms with Crippen LogP contribution in [0.4, 0.5) is 14.5 Å². The van der Waals surface area contributed by atoms with E-state index in [0.717, 1.165) is 5.56 Å². The van der Waals surface area contributed by atoms with Gasteiger partial charge in [0.2, 0.25) is 0 Å². The zero-order chi connectivity index (χ0) is 20.5. The molecule has 2 N–H and O–H groups in total. The van der Waals surface area contributed by atoms with Gasteiger partial charge < -0.3 is 14.8 Å². The van der Waals surface area contributed by atoms with E-state index in [0.29, 0.717) is 11.3 Å². The Morgan fingerprint density at radius 1 is 1.11 bits per heavy atom. The van der Waals surface area contributed by atoms with E-state index in [-0.39, 0.29) is 18.1 Å². The number of alkyl halides is 2. The molecule has 2 amide bonds. The van der Waals surface area contributed by atoms with E-state index in [1.165, 1.54) is 24.4 Å². The van der Waals surface area contributed by atoms with Crippen LogP contribution in [0.15, 0.2) is 47.6 Å². The summed E-state index contributed by atoms with van der Waals surface area (Å²) >= 11 is 0. The third-order valence-electron chi connectivity index (χ3n) is 3.38. The fourth-order valence-corrected chi connectivity index (χ4v) is 2.11. The van der Waals surface area contributed by atoms with Crippen LogP contribution in [0.1, 0.15) is 18.1 Å². The number of aryl methyl sites for hydroxylation is 1. The van der Waals surface area contributed by atoms with Crippen molar-refractivity contribution in [2.45, 2.75) is 20.5 Å². The van der Waals surface area contributed by atoms with E-state index in [1.54, 1.807) is 31.2 Å². The van der Waals surface area contributed by atoms with E-state index in [1.807, 2.05) is 6.92 Å². The van der Waals surface area contributed by atoms with Gasteiger partial charge in [-0.3, -0.25) is 9.59 Å². The van der Waals surface area contributed by atoms with Gasteiger partial charge in [-0.15, -0.1) is 0 Å². The van der Waals surface area contributed by atoms with Gasteiger partial charge in [-0.05, 0) is 49.7 Å². The molecule has 0 fully saturated rings. The van der Waals surface area contributed by atoms with Crippen molar-refractivity contribution < 1.29 is 27.8 Å². The number of hydrogen-bond acceptors (Lipinski definition) is 5. The molecule has 0 unspecified atom stereocenters. The highest BCUT2D eigenvalue weighted by Gasteiger charge is 2.13. The van der Waals surface area contributed by atoms with Crippen LogP contribution in [0.3, 0.4) is 0 Å². The monoisotopic (exact) mass is 391 g/mol. The van der Waals surface area contributed by atoms with Crippen molar-refractivity contribution in [3.63, 3.8) is 0 Å². The highest BCUT2D eigenvalue weighted by Crippen LogP contribution is 2.29. The average Bonchev–Trinajstić information content (AvgIpc) is 2.65. The number of hydrazone groups is 1. The third-order valence-corrected chi connectivity index (χ3v) is 3.38. The number of carbonyl (C=O) groups excluding carboxylic acids is 2. The Morgan fingerprint density at radius 3 is 2.46 bits per heavy atom. The number of benzene rings is 2. The number of halogens is 2. The summed E-state index contributed by atoms with van der Waals surface area (Å²) in [5, 5.41) is 6.12. The Bertz CT molecular complexity index is 855. The molecule has 0 saturated heterocycles. The topological polar surface area (TPSA) is 89.0 Å². The van der Waals surface area contributed by atoms with Crippen LogP contribution in [-0.4, -0.2) is 31.2 Å². The number of amides is 2. The molecule has 0 spiro atoms. The molecule has 0 bridgehead atoms. The summed E-state index contributed by atoms with van der Waals surface area (Å²) in [6, 6.07) is 11.1. The maximum atomic E-state index is 12.4. The Labute approximate surface area is 160 Å². The lowest BCUT2D eigenvalue weighted by molar-refractivity contribution is -0.136. The molecular formula is C19H19F2N3O4. The molecule has 148 valence electrons. The predicted molar refractivity (Wildman–Crippen MR) is 99.8 cm³/mol. The molecule has 28 heavy (non-hydrogen) atoms. The van der Waals surface area contributed by atoms with Crippen molar-refractivity contribution in [1.82, 2.24) is 5.43 Å². The summed E-state index contributed by atoms with van der Waals surface area (Å²) in [6.45, 7) is 0.858. The average molecular weight is 391 g/mol. The molecule has 9 heteroatoms. The van der Waals surface area contributed by atoms with E-state index in [4.69, 9.17) is 4.74 Å². The lowest BCUT2D eigenvalue weighted by atomic mass is 10.2. The second-order valence-corrected chi connectivity index (χ2v) is 5.54. The van der Waals surface area contributed by atoms with Gasteiger partial charge in [-0.2, -0.15) is 13.9 Å². The lowest BCUT2D eigenvalue weighted by Crippen LogP contribution is -2.32. The van der Waals surface area contributed by atoms with Crippen LogP contribution in [-0.2, 0) is 9.59 Å². The minimum atomic E-state index is -2.98. The van der Waals surface area contributed by atoms with Crippen molar-refractivity contribution in [2.75, 3.05) is 11.9 Å². The predicted octanol–water partition coefficient (Wildman–Crippen LogP) is 3.08. The van der Waals surface area contributed by atoms with Crippen LogP contribution in [0, 0.1) is 6.92 Å². The fraction of sp³-hybridized carbons (Fsp3) is 0.211. The van der Waals surface area contributed by atoms with E-state index < -0.39 is 18.4 Å². The molecule has 0 aromatic heterocycles. The summed E-state index contributed by atoms with van der Waals surface area (Å²) in [4.78, 5) is 23.6. The second-order valence-electron chi connectivity index (χ2n) is 5.54. The van der Waals surface area contributed by atoms with E-state index in [9.17, 15) is 18.4 Å². The normalized spacial score (nSPS) is 10.8. The molecule has 2 aromatic rings. The van der Waals surface area contributed by atoms with Crippen molar-refractivity contribution in [3.8, 4) is 11.5 Å². The van der Waals surface area contributed by atoms with Crippen LogP contribution in [0.2, 0.25) is 0 Å². The second kappa shape index (κ2) is 10.0. The molecule has 0 aliphatic carbocycles. The molecule has 0 saturated carbocycles. The van der Waals surface area contributed by atoms with Crippen molar-refractivity contribution in [3.05, 3.63) is 53.6 Å². The number of hydrogen-bond donors (Lipinski definition) is 2. The summed E-state index contributed by atoms with van der Waals surface area (Å²) in [5.74, 6) is -1.85. The largest absolute Gasteiger partial charge is 0.490 e. The first-order valence-electron chi connectivity index (χ1n) is 8.31. The van der Waals surface area contributed by atoms with Crippen molar-refractivity contribution >= 4 is 23.7 Å². The maximum Gasteiger partial charge on any atom is 0.387 e. The first-order valence-corrected chi connectivity index (χ1v) is 8.31. The quantitative estimate of drug-likeness (QED) is 0.431. The molecule has 0 atom stereocenters. The highest BCUT2D eigenvalue weighted by atomic mass is 19.3. The van der Waals surface area contributed by atoms with Gasteiger partial charge >= 0.3 is 18.4 Å². The fourth-order valence-electron chi connectivity index (χ4n) is 2.11. The van der Waals surface area contributed by atoms with Gasteiger partial charge in [0, 0.05) is 5.69 Å². The van der Waals surface area contributed by atoms with Gasteiger partial charge in [0.1, 0.15) is 0 Å². The summed E-state index contributed by atoms with van der Waals surface area (Å²) < 4.78 is 34.4. The molecule has 0 heterocycles. The highest BCUT2D eigenvalue weighted by molar-refractivity contribution is 6.39. The molecule has 0 aliphatic rings. The smallest absolute Gasteiger partial charge is 0.387 e. The number of carbonyl (C=O) groups is 2. The van der Waals surface area contributed by atoms with Crippen molar-refractivity contribution in [2.24, 2.45) is 5.10 Å². The van der Waals surface area contributed by atoms with E-state index >= 15 is 0 Å². The number of anilines is 1. The minimum absolute atomic E-state index is 0.107. The molecule has 2 aromatic carbocycles. The van der Waals surface area contributed by atoms with Gasteiger partial charge in [0.05, 0.1) is 12.8 Å². The zero-order valence-electron chi connectivity index (χ0n) is 15.2. The zero-order valence-corrected chi connectivity index (χ0v) is 15.2. The van der Waals surface area contributed by atoms with Crippen LogP contribution in [0.25, 0.3) is 0 Å². The first kappa shape index (κ1) is 20.8. The maximum absolute atomic E-state index is 12.4. The standard InChI is InChI=1S/C19H19F2N3O4/c1-3-27-16-10-13(6-9-15(16)28-19(20)21)11-22-24-18(26)17(25)23-14-7-4-12(2)5-8-14/h4-11,19H,3H2,1-2H3,(H,23,25)(H,24,26)/b22-11-. The molecule has 7 nitrogen and oxygen atoms in total. The van der Waals surface area contributed by atoms with Crippen LogP contribution >= 0.6 is 0 Å². The minimum Gasteiger partial charge on any atom is -0.490 e. The molecule has 0 radical (unpaired) electrons. The Kier molecular flexibility index (Phi) is 7.44. The molecule has 0 aliphatic heterocycles. The van der Waals surface area contributed by atoms with E-state index in [2.05, 4.69) is 20.6 Å². The SMILES string of the molecule is CCOc1cc(/C=N\NC(=O)C(=O)Nc2ccc(C)cc2)ccc1OC(F)F. The van der Waals surface area contributed by atoms with Gasteiger partial charge in [-0.25, -0.2) is 5.43 Å². The number of ether oxygens (including phenoxy) is 2. The first-order chi connectivity index (χ1) is 13.4. The number of rotatable bonds is 7. The summed E-state index contributed by atoms with van der Waals surface area (Å²) in [5.41, 5.74) is 4.03. The summed E-state index contributed by atoms with van der Waals surface area (Å²) in [6.07, 6.45) is 1.24. The van der Waals surface area contributed by atoms with Gasteiger partial charge in [-0.1, -0.05) is 17.7 Å². The lowest BCUT2D eigenvalue weighted by Gasteiger charge is -2.11. The summed E-state index contributed by atoms with van der Waals surface area (Å²) in [7, 11) is 0. The Balaban J connectivity index is 1.97. The van der Waals surface area contributed by atoms with Gasteiger partial charge in [0.15, 0.2) is 11.5 Å². The number of nitrogens with zero attached hydrogens (tertiary/aromatic N) is 1. The van der Waals surface area contributed by atoms with Gasteiger partial charge in [0.25, 0.3) is 0 Å². The molecule has 2 rings (SSSR count).